The Morgan fingerprint density at radius 1 is 0.278 bits per heavy atom. The quantitative estimate of drug-likeness (QED) is 0.126. The van der Waals surface area contributed by atoms with Gasteiger partial charge >= 0.3 is 0 Å². The van der Waals surface area contributed by atoms with E-state index >= 15 is 0 Å². The second-order valence-corrected chi connectivity index (χ2v) is 23.5. The molecule has 0 aliphatic heterocycles. The van der Waals surface area contributed by atoms with Gasteiger partial charge in [0.15, 0.2) is 0 Å². The third kappa shape index (κ3) is 8.53. The Kier molecular flexibility index (Phi) is 11.7. The summed E-state index contributed by atoms with van der Waals surface area (Å²) >= 11 is 0. The van der Waals surface area contributed by atoms with Crippen LogP contribution < -0.4 is 9.80 Å². The van der Waals surface area contributed by atoms with Gasteiger partial charge in [0, 0.05) is 50.4 Å². The normalized spacial score (nSPS) is 14.7. The lowest BCUT2D eigenvalue weighted by Gasteiger charge is -2.28. The van der Waals surface area contributed by atoms with Crippen LogP contribution >= 0.6 is 0 Å². The average Bonchev–Trinajstić information content (AvgIpc) is 3.89. The van der Waals surface area contributed by atoms with Crippen LogP contribution in [0, 0.1) is 25.5 Å². The molecule has 10 aromatic carbocycles. The third-order valence-electron chi connectivity index (χ3n) is 17.2. The average molecular weight is 1030 g/mol. The van der Waals surface area contributed by atoms with E-state index in [0.29, 0.717) is 0 Å². The lowest BCUT2D eigenvalue weighted by atomic mass is 9.81. The minimum absolute atomic E-state index is 0.181. The maximum atomic E-state index is 14.2. The second kappa shape index (κ2) is 18.7. The maximum Gasteiger partial charge on any atom is 0.123 e. The second-order valence-electron chi connectivity index (χ2n) is 23.5. The van der Waals surface area contributed by atoms with Crippen molar-refractivity contribution in [2.24, 2.45) is 0 Å². The van der Waals surface area contributed by atoms with Gasteiger partial charge in [-0.25, -0.2) is 8.78 Å². The minimum atomic E-state index is -0.249. The first-order valence-electron chi connectivity index (χ1n) is 27.5. The SMILES string of the molecule is Cc1cccc(N(c2ccc(F)cc2)c2ccc3c(c2)C(C)(C)c2cc(/C=C/c4ccc5c(c4)C(C)(C)c4cc(/C=C/c6ccc7c(c6)C(C)(C)c6cc(N(c8ccc(F)cc8)c8cccc(C)c8)ccc6-7)ccc4-5)ccc2-3)c1. The Bertz CT molecular complexity index is 3890. The standard InChI is InChI=1S/C75H62F2N2/c1-47-11-9-13-57(39-47)78(55-27-23-53(76)24-28-55)59-31-37-65-63-35-21-51(43-69(63)74(5,6)71(65)45-59)17-15-49-19-33-61-62-34-20-50(42-68(62)73(3,4)67(61)41-49)16-18-52-22-36-64-66-38-32-60(46-72(66)75(7,8)70(64)44-52)79(56-29-25-54(77)26-30-56)58-14-10-12-48(2)40-58/h9-46H,1-8H3/b17-15+,18-16+. The predicted molar refractivity (Wildman–Crippen MR) is 329 cm³/mol. The van der Waals surface area contributed by atoms with Crippen LogP contribution in [0.1, 0.15) is 108 Å². The molecule has 0 heterocycles. The van der Waals surface area contributed by atoms with Crippen LogP contribution in [-0.4, -0.2) is 0 Å². The molecule has 4 heteroatoms. The highest BCUT2D eigenvalue weighted by atomic mass is 19.1. The summed E-state index contributed by atoms with van der Waals surface area (Å²) in [7, 11) is 0. The van der Waals surface area contributed by atoms with Gasteiger partial charge < -0.3 is 9.80 Å². The summed E-state index contributed by atoms with van der Waals surface area (Å²) in [6.07, 6.45) is 9.03. The number of halogens is 2. The van der Waals surface area contributed by atoms with Crippen molar-refractivity contribution in [2.75, 3.05) is 9.80 Å². The molecule has 0 saturated carbocycles. The molecule has 0 N–H and O–H groups in total. The van der Waals surface area contributed by atoms with Crippen LogP contribution in [-0.2, 0) is 16.2 Å². The van der Waals surface area contributed by atoms with Crippen LogP contribution in [0.2, 0.25) is 0 Å². The van der Waals surface area contributed by atoms with E-state index in [1.54, 1.807) is 0 Å². The number of hydrogen-bond donors (Lipinski definition) is 0. The molecule has 0 unspecified atom stereocenters. The van der Waals surface area contributed by atoms with Crippen molar-refractivity contribution in [3.05, 3.63) is 285 Å². The van der Waals surface area contributed by atoms with E-state index in [0.717, 1.165) is 34.1 Å². The van der Waals surface area contributed by atoms with Gasteiger partial charge in [-0.2, -0.15) is 0 Å². The Labute approximate surface area is 464 Å². The minimum Gasteiger partial charge on any atom is -0.310 e. The Morgan fingerprint density at radius 2 is 0.532 bits per heavy atom. The molecule has 79 heavy (non-hydrogen) atoms. The molecule has 13 rings (SSSR count). The molecule has 0 fully saturated rings. The lowest BCUT2D eigenvalue weighted by molar-refractivity contribution is 0.627. The van der Waals surface area contributed by atoms with E-state index in [1.807, 2.05) is 24.3 Å². The lowest BCUT2D eigenvalue weighted by Crippen LogP contribution is -2.16. The number of benzene rings is 10. The van der Waals surface area contributed by atoms with Gasteiger partial charge in [0.25, 0.3) is 0 Å². The van der Waals surface area contributed by atoms with Gasteiger partial charge in [0.2, 0.25) is 0 Å². The van der Waals surface area contributed by atoms with Gasteiger partial charge in [-0.3, -0.25) is 0 Å². The molecule has 0 spiro atoms. The zero-order chi connectivity index (χ0) is 54.5. The van der Waals surface area contributed by atoms with Gasteiger partial charge in [0.05, 0.1) is 0 Å². The van der Waals surface area contributed by atoms with Crippen molar-refractivity contribution >= 4 is 58.4 Å². The third-order valence-corrected chi connectivity index (χ3v) is 17.2. The Balaban J connectivity index is 0.731. The summed E-state index contributed by atoms with van der Waals surface area (Å²) in [4.78, 5) is 4.44. The zero-order valence-electron chi connectivity index (χ0n) is 46.1. The largest absolute Gasteiger partial charge is 0.310 e. The molecule has 0 amide bonds. The van der Waals surface area contributed by atoms with Crippen molar-refractivity contribution in [2.45, 2.75) is 71.6 Å². The molecule has 10 aromatic rings. The zero-order valence-corrected chi connectivity index (χ0v) is 46.1. The molecule has 0 saturated heterocycles. The van der Waals surface area contributed by atoms with Crippen LogP contribution in [0.15, 0.2) is 206 Å². The van der Waals surface area contributed by atoms with Gasteiger partial charge in [0.1, 0.15) is 11.6 Å². The molecule has 386 valence electrons. The summed E-state index contributed by atoms with van der Waals surface area (Å²) < 4.78 is 28.3. The Morgan fingerprint density at radius 3 is 0.823 bits per heavy atom. The fourth-order valence-corrected chi connectivity index (χ4v) is 12.9. The van der Waals surface area contributed by atoms with Gasteiger partial charge in [-0.05, 0) is 211 Å². The summed E-state index contributed by atoms with van der Waals surface area (Å²) in [6.45, 7) is 18.2. The molecular formula is C75H62F2N2. The van der Waals surface area contributed by atoms with Crippen molar-refractivity contribution in [1.82, 2.24) is 0 Å². The van der Waals surface area contributed by atoms with Crippen LogP contribution in [0.5, 0.6) is 0 Å². The van der Waals surface area contributed by atoms with E-state index in [9.17, 15) is 8.78 Å². The van der Waals surface area contributed by atoms with E-state index in [4.69, 9.17) is 0 Å². The van der Waals surface area contributed by atoms with Crippen molar-refractivity contribution in [3.63, 3.8) is 0 Å². The van der Waals surface area contributed by atoms with E-state index < -0.39 is 0 Å². The van der Waals surface area contributed by atoms with Crippen LogP contribution in [0.25, 0.3) is 57.7 Å². The van der Waals surface area contributed by atoms with Crippen LogP contribution in [0.4, 0.5) is 42.9 Å². The highest BCUT2D eigenvalue weighted by Crippen LogP contribution is 2.54. The monoisotopic (exact) mass is 1030 g/mol. The van der Waals surface area contributed by atoms with Crippen LogP contribution in [0.3, 0.4) is 0 Å². The van der Waals surface area contributed by atoms with E-state index in [1.165, 1.54) is 124 Å². The molecule has 3 aliphatic rings. The fraction of sp³-hybridized carbons (Fsp3) is 0.147. The predicted octanol–water partition coefficient (Wildman–Crippen LogP) is 20.8. The van der Waals surface area contributed by atoms with E-state index in [2.05, 4.69) is 247 Å². The number of rotatable bonds is 10. The first-order chi connectivity index (χ1) is 38.0. The first-order valence-corrected chi connectivity index (χ1v) is 27.5. The Hall–Kier alpha value is -8.86. The fourth-order valence-electron chi connectivity index (χ4n) is 12.9. The molecule has 0 aromatic heterocycles. The topological polar surface area (TPSA) is 6.48 Å². The highest BCUT2D eigenvalue weighted by Gasteiger charge is 2.39. The number of fused-ring (bicyclic) bond motifs is 9. The van der Waals surface area contributed by atoms with Crippen molar-refractivity contribution in [1.29, 1.82) is 0 Å². The number of hydrogen-bond acceptors (Lipinski definition) is 2. The first kappa shape index (κ1) is 49.7. The number of aryl methyl sites for hydroxylation is 2. The highest BCUT2D eigenvalue weighted by molar-refractivity contribution is 5.90. The summed E-state index contributed by atoms with van der Waals surface area (Å²) in [5.74, 6) is -0.497. The maximum absolute atomic E-state index is 14.2. The van der Waals surface area contributed by atoms with Gasteiger partial charge in [-0.15, -0.1) is 0 Å². The smallest absolute Gasteiger partial charge is 0.123 e. The molecule has 0 bridgehead atoms. The summed E-state index contributed by atoms with van der Waals surface area (Å²) in [6, 6.07) is 71.7. The van der Waals surface area contributed by atoms with Crippen molar-refractivity contribution < 1.29 is 8.78 Å². The van der Waals surface area contributed by atoms with Gasteiger partial charge in [-0.1, -0.05) is 175 Å². The molecule has 2 nitrogen and oxygen atoms in total. The van der Waals surface area contributed by atoms with Crippen molar-refractivity contribution in [3.8, 4) is 33.4 Å². The van der Waals surface area contributed by atoms with E-state index in [-0.39, 0.29) is 27.9 Å². The molecular weight excluding hydrogens is 967 g/mol. The molecule has 0 atom stereocenters. The number of nitrogens with zero attached hydrogens (tertiary/aromatic N) is 2. The summed E-state index contributed by atoms with van der Waals surface area (Å²) in [5, 5.41) is 0. The molecule has 0 radical (unpaired) electrons. The number of anilines is 6. The summed E-state index contributed by atoms with van der Waals surface area (Å²) in [5.41, 5.74) is 27.9. The molecule has 3 aliphatic carbocycles.